The molecule has 1 unspecified atom stereocenters. The van der Waals surface area contributed by atoms with Gasteiger partial charge in [0.15, 0.2) is 0 Å². The second kappa shape index (κ2) is 7.28. The summed E-state index contributed by atoms with van der Waals surface area (Å²) in [6.07, 6.45) is 8.53. The van der Waals surface area contributed by atoms with Gasteiger partial charge in [0.1, 0.15) is 0 Å². The molecule has 0 radical (unpaired) electrons. The van der Waals surface area contributed by atoms with Crippen molar-refractivity contribution in [1.82, 2.24) is 0 Å². The summed E-state index contributed by atoms with van der Waals surface area (Å²) in [4.78, 5) is 0. The quantitative estimate of drug-likeness (QED) is 0.447. The Morgan fingerprint density at radius 3 is 2.53 bits per heavy atom. The van der Waals surface area contributed by atoms with Gasteiger partial charge in [-0.1, -0.05) is 62.6 Å². The van der Waals surface area contributed by atoms with Crippen LogP contribution in [0, 0.1) is 5.92 Å². The second-order valence-electron chi connectivity index (χ2n) is 4.18. The molecule has 0 aliphatic carbocycles. The van der Waals surface area contributed by atoms with Crippen LogP contribution in [0.25, 0.3) is 0 Å². The molecule has 0 aliphatic rings. The highest BCUT2D eigenvalue weighted by atomic mass is 14.1. The van der Waals surface area contributed by atoms with Crippen LogP contribution in [0.3, 0.4) is 0 Å². The van der Waals surface area contributed by atoms with Crippen LogP contribution in [0.15, 0.2) is 43.0 Å². The first-order valence-corrected chi connectivity index (χ1v) is 6.03. The molecule has 1 rings (SSSR count). The third-order valence-corrected chi connectivity index (χ3v) is 2.85. The Hall–Kier alpha value is -1.04. The van der Waals surface area contributed by atoms with Crippen molar-refractivity contribution in [1.29, 1.82) is 0 Å². The Morgan fingerprint density at radius 2 is 1.93 bits per heavy atom. The minimum absolute atomic E-state index is 0.652. The topological polar surface area (TPSA) is 0 Å². The van der Waals surface area contributed by atoms with Crippen LogP contribution < -0.4 is 0 Å². The van der Waals surface area contributed by atoms with Gasteiger partial charge in [-0.25, -0.2) is 0 Å². The van der Waals surface area contributed by atoms with Crippen LogP contribution in [0.4, 0.5) is 0 Å². The van der Waals surface area contributed by atoms with Crippen molar-refractivity contribution in [3.05, 3.63) is 48.6 Å². The molecule has 0 spiro atoms. The van der Waals surface area contributed by atoms with Crippen molar-refractivity contribution in [2.45, 2.75) is 39.0 Å². The Balaban J connectivity index is 2.37. The van der Waals surface area contributed by atoms with Crippen LogP contribution in [-0.2, 0) is 6.42 Å². The fraction of sp³-hybridized carbons (Fsp3) is 0.467. The molecule has 0 N–H and O–H groups in total. The van der Waals surface area contributed by atoms with Gasteiger partial charge in [0.25, 0.3) is 0 Å². The summed E-state index contributed by atoms with van der Waals surface area (Å²) in [5.74, 6) is 0.652. The van der Waals surface area contributed by atoms with E-state index < -0.39 is 0 Å². The van der Waals surface area contributed by atoms with Crippen molar-refractivity contribution in [3.8, 4) is 0 Å². The molecule has 0 aliphatic heterocycles. The van der Waals surface area contributed by atoms with Crippen LogP contribution in [0.5, 0.6) is 0 Å². The van der Waals surface area contributed by atoms with Crippen molar-refractivity contribution in [3.63, 3.8) is 0 Å². The molecule has 0 nitrogen and oxygen atoms in total. The molecule has 1 atom stereocenters. The Labute approximate surface area is 94.0 Å². The highest BCUT2D eigenvalue weighted by Gasteiger charge is 2.04. The lowest BCUT2D eigenvalue weighted by Crippen LogP contribution is -2.00. The molecule has 82 valence electrons. The van der Waals surface area contributed by atoms with E-state index in [0.717, 1.165) is 6.42 Å². The Kier molecular flexibility index (Phi) is 5.84. The minimum atomic E-state index is 0.652. The van der Waals surface area contributed by atoms with E-state index in [1.54, 1.807) is 0 Å². The first kappa shape index (κ1) is 12.0. The van der Waals surface area contributed by atoms with Crippen LogP contribution >= 0.6 is 0 Å². The van der Waals surface area contributed by atoms with Gasteiger partial charge < -0.3 is 0 Å². The lowest BCUT2D eigenvalue weighted by Gasteiger charge is -2.11. The molecule has 0 amide bonds. The molecule has 0 fully saturated rings. The fourth-order valence-electron chi connectivity index (χ4n) is 1.88. The number of rotatable bonds is 7. The maximum absolute atomic E-state index is 3.94. The summed E-state index contributed by atoms with van der Waals surface area (Å²) in [7, 11) is 0. The number of allylic oxidation sites excluding steroid dienone is 1. The van der Waals surface area contributed by atoms with Crippen molar-refractivity contribution in [2.24, 2.45) is 5.92 Å². The normalized spacial score (nSPS) is 12.3. The smallest absolute Gasteiger partial charge is 0.0196 e. The van der Waals surface area contributed by atoms with E-state index in [1.807, 2.05) is 0 Å². The number of benzene rings is 1. The van der Waals surface area contributed by atoms with E-state index in [1.165, 1.54) is 31.2 Å². The van der Waals surface area contributed by atoms with Crippen molar-refractivity contribution in [2.75, 3.05) is 0 Å². The van der Waals surface area contributed by atoms with Gasteiger partial charge >= 0.3 is 0 Å². The van der Waals surface area contributed by atoms with Crippen LogP contribution in [0.2, 0.25) is 0 Å². The zero-order valence-electron chi connectivity index (χ0n) is 9.78. The highest BCUT2D eigenvalue weighted by Crippen LogP contribution is 2.16. The van der Waals surface area contributed by atoms with E-state index in [2.05, 4.69) is 49.9 Å². The summed E-state index contributed by atoms with van der Waals surface area (Å²) in [6, 6.07) is 10.7. The van der Waals surface area contributed by atoms with Gasteiger partial charge in [0.05, 0.1) is 0 Å². The van der Waals surface area contributed by atoms with Gasteiger partial charge in [-0.2, -0.15) is 0 Å². The van der Waals surface area contributed by atoms with Crippen LogP contribution in [-0.4, -0.2) is 0 Å². The maximum Gasteiger partial charge on any atom is -0.0196 e. The Bertz CT molecular complexity index is 261. The standard InChI is InChI=1S/C15H22/c1-3-5-7-10-14(4-2)13-15-11-8-6-9-12-15/h4,6,8-9,11-12,14H,2-3,5,7,10,13H2,1H3. The zero-order chi connectivity index (χ0) is 10.9. The van der Waals surface area contributed by atoms with E-state index in [9.17, 15) is 0 Å². The average Bonchev–Trinajstić information content (AvgIpc) is 2.29. The third-order valence-electron chi connectivity index (χ3n) is 2.85. The maximum atomic E-state index is 3.94. The van der Waals surface area contributed by atoms with Gasteiger partial charge in [-0.05, 0) is 24.3 Å². The largest absolute Gasteiger partial charge is 0.103 e. The highest BCUT2D eigenvalue weighted by molar-refractivity contribution is 5.16. The Morgan fingerprint density at radius 1 is 1.20 bits per heavy atom. The molecule has 0 bridgehead atoms. The molecular weight excluding hydrogens is 180 g/mol. The van der Waals surface area contributed by atoms with Gasteiger partial charge in [-0.15, -0.1) is 6.58 Å². The lowest BCUT2D eigenvalue weighted by atomic mass is 9.94. The van der Waals surface area contributed by atoms with Gasteiger partial charge in [-0.3, -0.25) is 0 Å². The average molecular weight is 202 g/mol. The first-order valence-electron chi connectivity index (χ1n) is 6.03. The number of hydrogen-bond acceptors (Lipinski definition) is 0. The summed E-state index contributed by atoms with van der Waals surface area (Å²) >= 11 is 0. The van der Waals surface area contributed by atoms with Gasteiger partial charge in [0.2, 0.25) is 0 Å². The van der Waals surface area contributed by atoms with Crippen LogP contribution in [0.1, 0.15) is 38.2 Å². The molecular formula is C15H22. The fourth-order valence-corrected chi connectivity index (χ4v) is 1.88. The van der Waals surface area contributed by atoms with Crippen molar-refractivity contribution >= 4 is 0 Å². The van der Waals surface area contributed by atoms with E-state index in [-0.39, 0.29) is 0 Å². The molecule has 0 heteroatoms. The van der Waals surface area contributed by atoms with Gasteiger partial charge in [0, 0.05) is 0 Å². The molecule has 0 aromatic heterocycles. The number of unbranched alkanes of at least 4 members (excludes halogenated alkanes) is 2. The van der Waals surface area contributed by atoms with Crippen molar-refractivity contribution < 1.29 is 0 Å². The van der Waals surface area contributed by atoms with E-state index >= 15 is 0 Å². The predicted octanol–water partition coefficient (Wildman–Crippen LogP) is 4.61. The number of hydrogen-bond donors (Lipinski definition) is 0. The molecule has 0 saturated carbocycles. The summed E-state index contributed by atoms with van der Waals surface area (Å²) < 4.78 is 0. The minimum Gasteiger partial charge on any atom is -0.103 e. The summed E-state index contributed by atoms with van der Waals surface area (Å²) in [6.45, 7) is 6.19. The predicted molar refractivity (Wildman–Crippen MR) is 68.0 cm³/mol. The zero-order valence-corrected chi connectivity index (χ0v) is 9.78. The van der Waals surface area contributed by atoms with E-state index in [0.29, 0.717) is 5.92 Å². The SMILES string of the molecule is C=CC(CCCCC)Cc1ccccc1. The molecule has 0 saturated heterocycles. The molecule has 1 aromatic rings. The lowest BCUT2D eigenvalue weighted by molar-refractivity contribution is 0.538. The third kappa shape index (κ3) is 4.83. The molecule has 0 heterocycles. The summed E-state index contributed by atoms with van der Waals surface area (Å²) in [5.41, 5.74) is 1.43. The van der Waals surface area contributed by atoms with E-state index in [4.69, 9.17) is 0 Å². The second-order valence-corrected chi connectivity index (χ2v) is 4.18. The molecule has 15 heavy (non-hydrogen) atoms. The first-order chi connectivity index (χ1) is 7.36. The summed E-state index contributed by atoms with van der Waals surface area (Å²) in [5, 5.41) is 0. The monoisotopic (exact) mass is 202 g/mol. The molecule has 1 aromatic carbocycles.